The number of aliphatic hydroxyl groups is 1. The largest absolute Gasteiger partial charge is 0.497 e. The quantitative estimate of drug-likeness (QED) is 0.830. The minimum absolute atomic E-state index is 0.0218. The molecular weight excluding hydrogens is 218 g/mol. The first-order chi connectivity index (χ1) is 8.24. The number of aromatic nitrogens is 2. The zero-order valence-electron chi connectivity index (χ0n) is 9.63. The average Bonchev–Trinajstić information content (AvgIpc) is 2.72. The summed E-state index contributed by atoms with van der Waals surface area (Å²) in [6, 6.07) is 9.37. The summed E-state index contributed by atoms with van der Waals surface area (Å²) < 4.78 is 6.67. The number of rotatable bonds is 4. The number of benzene rings is 1. The van der Waals surface area contributed by atoms with Crippen LogP contribution in [0.25, 0.3) is 11.3 Å². The fraction of sp³-hybridized carbons (Fsp3) is 0.250. The van der Waals surface area contributed by atoms with Gasteiger partial charge in [0, 0.05) is 11.6 Å². The molecule has 0 aliphatic carbocycles. The monoisotopic (exact) mass is 233 g/mol. The van der Waals surface area contributed by atoms with E-state index < -0.39 is 0 Å². The molecule has 17 heavy (non-hydrogen) atoms. The van der Waals surface area contributed by atoms with Crippen LogP contribution in [0.3, 0.4) is 0 Å². The van der Waals surface area contributed by atoms with Gasteiger partial charge in [0.15, 0.2) is 0 Å². The molecule has 0 aliphatic heterocycles. The molecule has 2 rings (SSSR count). The molecule has 0 atom stereocenters. The van der Waals surface area contributed by atoms with Crippen LogP contribution in [-0.2, 0) is 6.54 Å². The van der Waals surface area contributed by atoms with Gasteiger partial charge in [-0.1, -0.05) is 0 Å². The normalized spacial score (nSPS) is 10.5. The molecule has 5 nitrogen and oxygen atoms in total. The topological polar surface area (TPSA) is 73.3 Å². The fourth-order valence-corrected chi connectivity index (χ4v) is 1.61. The van der Waals surface area contributed by atoms with E-state index in [0.29, 0.717) is 12.4 Å². The second-order valence-electron chi connectivity index (χ2n) is 3.63. The molecule has 0 fully saturated rings. The summed E-state index contributed by atoms with van der Waals surface area (Å²) in [4.78, 5) is 0. The fourth-order valence-electron chi connectivity index (χ4n) is 1.61. The minimum Gasteiger partial charge on any atom is -0.497 e. The molecule has 0 spiro atoms. The molecule has 0 saturated carbocycles. The molecule has 0 bridgehead atoms. The third-order valence-electron chi connectivity index (χ3n) is 2.51. The first-order valence-corrected chi connectivity index (χ1v) is 5.33. The molecule has 0 aliphatic rings. The van der Waals surface area contributed by atoms with Crippen LogP contribution in [-0.4, -0.2) is 28.6 Å². The summed E-state index contributed by atoms with van der Waals surface area (Å²) in [6.45, 7) is 0.427. The van der Waals surface area contributed by atoms with Crippen LogP contribution in [0, 0.1) is 0 Å². The van der Waals surface area contributed by atoms with E-state index in [1.54, 1.807) is 17.9 Å². The van der Waals surface area contributed by atoms with Crippen LogP contribution in [0.2, 0.25) is 0 Å². The van der Waals surface area contributed by atoms with E-state index in [2.05, 4.69) is 5.10 Å². The van der Waals surface area contributed by atoms with Crippen molar-refractivity contribution in [2.24, 2.45) is 0 Å². The summed E-state index contributed by atoms with van der Waals surface area (Å²) in [7, 11) is 1.63. The highest BCUT2D eigenvalue weighted by Crippen LogP contribution is 2.22. The van der Waals surface area contributed by atoms with E-state index in [9.17, 15) is 0 Å². The zero-order valence-corrected chi connectivity index (χ0v) is 9.63. The molecule has 0 saturated heterocycles. The lowest BCUT2D eigenvalue weighted by Crippen LogP contribution is -2.07. The van der Waals surface area contributed by atoms with Crippen LogP contribution in [0.1, 0.15) is 0 Å². The van der Waals surface area contributed by atoms with E-state index >= 15 is 0 Å². The van der Waals surface area contributed by atoms with Crippen LogP contribution in [0.5, 0.6) is 5.75 Å². The van der Waals surface area contributed by atoms with Gasteiger partial charge in [0.1, 0.15) is 11.6 Å². The standard InChI is InChI=1S/C12H15N3O2/c1-17-10-4-2-9(3-5-10)11-8-12(13)15(14-11)6-7-16/h2-5,8,16H,6-7,13H2,1H3. The molecule has 1 heterocycles. The number of nitrogens with two attached hydrogens (primary N) is 1. The molecule has 3 N–H and O–H groups in total. The van der Waals surface area contributed by atoms with E-state index in [1.807, 2.05) is 24.3 Å². The number of ether oxygens (including phenoxy) is 1. The molecule has 1 aromatic carbocycles. The summed E-state index contributed by atoms with van der Waals surface area (Å²) in [5, 5.41) is 13.2. The number of methoxy groups -OCH3 is 1. The number of aliphatic hydroxyl groups excluding tert-OH is 1. The van der Waals surface area contributed by atoms with Crippen molar-refractivity contribution in [2.75, 3.05) is 19.5 Å². The number of nitrogen functional groups attached to an aromatic ring is 1. The predicted molar refractivity (Wildman–Crippen MR) is 65.7 cm³/mol. The van der Waals surface area contributed by atoms with Crippen LogP contribution < -0.4 is 10.5 Å². The Morgan fingerprint density at radius 2 is 2.06 bits per heavy atom. The Bertz CT molecular complexity index is 491. The summed E-state index contributed by atoms with van der Waals surface area (Å²) in [6.07, 6.45) is 0. The summed E-state index contributed by atoms with van der Waals surface area (Å²) >= 11 is 0. The lowest BCUT2D eigenvalue weighted by atomic mass is 10.1. The molecular formula is C12H15N3O2. The van der Waals surface area contributed by atoms with Gasteiger partial charge in [0.05, 0.1) is 26.0 Å². The molecule has 0 unspecified atom stereocenters. The maximum Gasteiger partial charge on any atom is 0.122 e. The van der Waals surface area contributed by atoms with Crippen molar-refractivity contribution in [3.8, 4) is 17.0 Å². The molecule has 5 heteroatoms. The molecule has 0 radical (unpaired) electrons. The first-order valence-electron chi connectivity index (χ1n) is 5.33. The van der Waals surface area contributed by atoms with Crippen molar-refractivity contribution in [3.63, 3.8) is 0 Å². The minimum atomic E-state index is 0.0218. The predicted octanol–water partition coefficient (Wildman–Crippen LogP) is 1.13. The second kappa shape index (κ2) is 4.88. The van der Waals surface area contributed by atoms with E-state index in [1.165, 1.54) is 0 Å². The zero-order chi connectivity index (χ0) is 12.3. The maximum atomic E-state index is 8.86. The van der Waals surface area contributed by atoms with Crippen LogP contribution in [0.15, 0.2) is 30.3 Å². The third kappa shape index (κ3) is 2.39. The van der Waals surface area contributed by atoms with Gasteiger partial charge < -0.3 is 15.6 Å². The van der Waals surface area contributed by atoms with Crippen LogP contribution >= 0.6 is 0 Å². The van der Waals surface area contributed by atoms with Gasteiger partial charge in [0.2, 0.25) is 0 Å². The van der Waals surface area contributed by atoms with Gasteiger partial charge in [0.25, 0.3) is 0 Å². The Labute approximate surface area is 99.4 Å². The third-order valence-corrected chi connectivity index (χ3v) is 2.51. The Morgan fingerprint density at radius 1 is 1.35 bits per heavy atom. The smallest absolute Gasteiger partial charge is 0.122 e. The summed E-state index contributed by atoms with van der Waals surface area (Å²) in [5.41, 5.74) is 7.54. The van der Waals surface area contributed by atoms with E-state index in [0.717, 1.165) is 17.0 Å². The lowest BCUT2D eigenvalue weighted by molar-refractivity contribution is 0.270. The number of hydrogen-bond acceptors (Lipinski definition) is 4. The SMILES string of the molecule is COc1ccc(-c2cc(N)n(CCO)n2)cc1. The van der Waals surface area contributed by atoms with Crippen molar-refractivity contribution in [2.45, 2.75) is 6.54 Å². The highest BCUT2D eigenvalue weighted by atomic mass is 16.5. The maximum absolute atomic E-state index is 8.86. The van der Waals surface area contributed by atoms with Crippen molar-refractivity contribution in [1.29, 1.82) is 0 Å². The Morgan fingerprint density at radius 3 is 2.65 bits per heavy atom. The van der Waals surface area contributed by atoms with E-state index in [4.69, 9.17) is 15.6 Å². The Balaban J connectivity index is 2.29. The second-order valence-corrected chi connectivity index (χ2v) is 3.63. The Hall–Kier alpha value is -2.01. The van der Waals surface area contributed by atoms with E-state index in [-0.39, 0.29) is 6.61 Å². The molecule has 90 valence electrons. The lowest BCUT2D eigenvalue weighted by Gasteiger charge is -2.01. The Kier molecular flexibility index (Phi) is 3.30. The number of nitrogens with zero attached hydrogens (tertiary/aromatic N) is 2. The van der Waals surface area contributed by atoms with Gasteiger partial charge >= 0.3 is 0 Å². The van der Waals surface area contributed by atoms with Gasteiger partial charge in [-0.25, -0.2) is 4.68 Å². The number of hydrogen-bond donors (Lipinski definition) is 2. The summed E-state index contributed by atoms with van der Waals surface area (Å²) in [5.74, 6) is 1.35. The number of anilines is 1. The van der Waals surface area contributed by atoms with Crippen molar-refractivity contribution in [3.05, 3.63) is 30.3 Å². The molecule has 2 aromatic rings. The molecule has 1 aromatic heterocycles. The average molecular weight is 233 g/mol. The van der Waals surface area contributed by atoms with Crippen molar-refractivity contribution < 1.29 is 9.84 Å². The molecule has 0 amide bonds. The van der Waals surface area contributed by atoms with Gasteiger partial charge in [-0.15, -0.1) is 0 Å². The highest BCUT2D eigenvalue weighted by molar-refractivity contribution is 5.63. The van der Waals surface area contributed by atoms with Crippen LogP contribution in [0.4, 0.5) is 5.82 Å². The van der Waals surface area contributed by atoms with Gasteiger partial charge in [-0.2, -0.15) is 5.10 Å². The van der Waals surface area contributed by atoms with Crippen molar-refractivity contribution in [1.82, 2.24) is 9.78 Å². The van der Waals surface area contributed by atoms with Gasteiger partial charge in [-0.05, 0) is 24.3 Å². The first kappa shape index (κ1) is 11.5. The highest BCUT2D eigenvalue weighted by Gasteiger charge is 2.06. The van der Waals surface area contributed by atoms with Crippen molar-refractivity contribution >= 4 is 5.82 Å². The van der Waals surface area contributed by atoms with Gasteiger partial charge in [-0.3, -0.25) is 0 Å².